The molecule has 2 aromatic carbocycles. The number of esters is 1. The van der Waals surface area contributed by atoms with E-state index in [4.69, 9.17) is 4.74 Å². The summed E-state index contributed by atoms with van der Waals surface area (Å²) < 4.78 is 5.19. The Hall–Kier alpha value is -3.48. The maximum Gasteiger partial charge on any atom is 0.330 e. The van der Waals surface area contributed by atoms with Crippen LogP contribution in [0.2, 0.25) is 0 Å². The maximum absolute atomic E-state index is 12.9. The molecule has 1 N–H and O–H groups in total. The molecule has 3 rings (SSSR count). The first-order valence-corrected chi connectivity index (χ1v) is 9.66. The SMILES string of the molecule is CC(C)(C)NC(=O)COC(=O)[C@H](Cc1ccccc1)N1C(=O)c2ccccc2C1=O. The molecule has 0 radical (unpaired) electrons. The van der Waals surface area contributed by atoms with Crippen LogP contribution in [0.4, 0.5) is 0 Å². The number of imide groups is 1. The van der Waals surface area contributed by atoms with Gasteiger partial charge >= 0.3 is 5.97 Å². The van der Waals surface area contributed by atoms with E-state index >= 15 is 0 Å². The second kappa shape index (κ2) is 8.49. The van der Waals surface area contributed by atoms with Crippen molar-refractivity contribution in [3.8, 4) is 0 Å². The molecule has 1 aliphatic rings. The van der Waals surface area contributed by atoms with E-state index in [0.29, 0.717) is 0 Å². The minimum Gasteiger partial charge on any atom is -0.454 e. The molecule has 1 aliphatic heterocycles. The van der Waals surface area contributed by atoms with E-state index in [-0.39, 0.29) is 17.5 Å². The van der Waals surface area contributed by atoms with E-state index in [0.717, 1.165) is 10.5 Å². The van der Waals surface area contributed by atoms with Crippen molar-refractivity contribution in [2.75, 3.05) is 6.61 Å². The van der Waals surface area contributed by atoms with E-state index in [1.165, 1.54) is 0 Å². The van der Waals surface area contributed by atoms with Gasteiger partial charge in [-0.15, -0.1) is 0 Å². The smallest absolute Gasteiger partial charge is 0.330 e. The molecule has 0 unspecified atom stereocenters. The highest BCUT2D eigenvalue weighted by atomic mass is 16.5. The lowest BCUT2D eigenvalue weighted by molar-refractivity contribution is -0.152. The van der Waals surface area contributed by atoms with Crippen molar-refractivity contribution in [3.63, 3.8) is 0 Å². The zero-order valence-corrected chi connectivity index (χ0v) is 17.2. The molecule has 0 saturated heterocycles. The summed E-state index contributed by atoms with van der Waals surface area (Å²) in [7, 11) is 0. The van der Waals surface area contributed by atoms with Crippen LogP contribution in [0.3, 0.4) is 0 Å². The van der Waals surface area contributed by atoms with Crippen LogP contribution in [0.25, 0.3) is 0 Å². The number of ether oxygens (including phenoxy) is 1. The van der Waals surface area contributed by atoms with Gasteiger partial charge in [0.25, 0.3) is 17.7 Å². The molecule has 7 heteroatoms. The Bertz CT molecular complexity index is 944. The standard InChI is InChI=1S/C23H24N2O5/c1-23(2,3)24-19(26)14-30-22(29)18(13-15-9-5-4-6-10-15)25-20(27)16-11-7-8-12-17(16)21(25)28/h4-12,18H,13-14H2,1-3H3,(H,24,26)/t18-/m0/s1. The monoisotopic (exact) mass is 408 g/mol. The molecule has 0 spiro atoms. The molecule has 3 amide bonds. The number of hydrogen-bond donors (Lipinski definition) is 1. The van der Waals surface area contributed by atoms with Crippen molar-refractivity contribution in [1.29, 1.82) is 0 Å². The molecule has 1 heterocycles. The van der Waals surface area contributed by atoms with Crippen LogP contribution in [-0.2, 0) is 20.7 Å². The van der Waals surface area contributed by atoms with Gasteiger partial charge < -0.3 is 10.1 Å². The molecule has 7 nitrogen and oxygen atoms in total. The largest absolute Gasteiger partial charge is 0.454 e. The molecule has 0 aliphatic carbocycles. The predicted octanol–water partition coefficient (Wildman–Crippen LogP) is 2.35. The highest BCUT2D eigenvalue weighted by Gasteiger charge is 2.43. The Kier molecular flexibility index (Phi) is 6.01. The number of nitrogens with one attached hydrogen (secondary N) is 1. The molecule has 156 valence electrons. The van der Waals surface area contributed by atoms with Crippen molar-refractivity contribution in [3.05, 3.63) is 71.3 Å². The molecular weight excluding hydrogens is 384 g/mol. The first-order valence-electron chi connectivity index (χ1n) is 9.66. The summed E-state index contributed by atoms with van der Waals surface area (Å²) >= 11 is 0. The second-order valence-corrected chi connectivity index (χ2v) is 8.14. The van der Waals surface area contributed by atoms with Gasteiger partial charge in [0.05, 0.1) is 11.1 Å². The number of nitrogens with zero attached hydrogens (tertiary/aromatic N) is 1. The first kappa shape index (κ1) is 21.2. The van der Waals surface area contributed by atoms with Crippen LogP contribution >= 0.6 is 0 Å². The fourth-order valence-corrected chi connectivity index (χ4v) is 3.30. The molecule has 0 aromatic heterocycles. The van der Waals surface area contributed by atoms with Crippen molar-refractivity contribution in [2.45, 2.75) is 38.8 Å². The highest BCUT2D eigenvalue weighted by molar-refractivity contribution is 6.22. The summed E-state index contributed by atoms with van der Waals surface area (Å²) in [6, 6.07) is 14.3. The summed E-state index contributed by atoms with van der Waals surface area (Å²) in [5.41, 5.74) is 0.781. The Morgan fingerprint density at radius 1 is 0.933 bits per heavy atom. The van der Waals surface area contributed by atoms with Crippen molar-refractivity contribution < 1.29 is 23.9 Å². The van der Waals surface area contributed by atoms with Gasteiger partial charge in [0.1, 0.15) is 6.04 Å². The fraction of sp³-hybridized carbons (Fsp3) is 0.304. The topological polar surface area (TPSA) is 92.8 Å². The third kappa shape index (κ3) is 4.74. The fourth-order valence-electron chi connectivity index (χ4n) is 3.30. The first-order chi connectivity index (χ1) is 14.2. The summed E-state index contributed by atoms with van der Waals surface area (Å²) in [4.78, 5) is 51.6. The molecule has 0 saturated carbocycles. The molecule has 0 fully saturated rings. The van der Waals surface area contributed by atoms with Crippen LogP contribution < -0.4 is 5.32 Å². The third-order valence-corrected chi connectivity index (χ3v) is 4.54. The zero-order chi connectivity index (χ0) is 21.9. The van der Waals surface area contributed by atoms with Crippen molar-refractivity contribution in [1.82, 2.24) is 10.2 Å². The molecular formula is C23H24N2O5. The molecule has 2 aromatic rings. The van der Waals surface area contributed by atoms with Gasteiger partial charge in [0, 0.05) is 12.0 Å². The average molecular weight is 408 g/mol. The minimum atomic E-state index is -1.18. The van der Waals surface area contributed by atoms with E-state index in [1.807, 2.05) is 26.8 Å². The summed E-state index contributed by atoms with van der Waals surface area (Å²) in [5, 5.41) is 2.70. The number of carbonyl (C=O) groups excluding carboxylic acids is 4. The number of fused-ring (bicyclic) bond motifs is 1. The van der Waals surface area contributed by atoms with Gasteiger partial charge in [0.15, 0.2) is 6.61 Å². The number of rotatable bonds is 6. The van der Waals surface area contributed by atoms with Gasteiger partial charge in [-0.05, 0) is 38.5 Å². The zero-order valence-electron chi connectivity index (χ0n) is 17.2. The normalized spacial score (nSPS) is 14.3. The van der Waals surface area contributed by atoms with Crippen molar-refractivity contribution in [2.24, 2.45) is 0 Å². The summed E-state index contributed by atoms with van der Waals surface area (Å²) in [6.07, 6.45) is 0.0893. The molecule has 30 heavy (non-hydrogen) atoms. The number of benzene rings is 2. The lowest BCUT2D eigenvalue weighted by Gasteiger charge is -2.25. The highest BCUT2D eigenvalue weighted by Crippen LogP contribution is 2.26. The van der Waals surface area contributed by atoms with E-state index in [9.17, 15) is 19.2 Å². The minimum absolute atomic E-state index is 0.0893. The van der Waals surface area contributed by atoms with E-state index in [2.05, 4.69) is 5.32 Å². The van der Waals surface area contributed by atoms with Crippen molar-refractivity contribution >= 4 is 23.7 Å². The average Bonchev–Trinajstić information content (AvgIpc) is 2.95. The number of carbonyl (C=O) groups is 4. The number of hydrogen-bond acceptors (Lipinski definition) is 5. The van der Waals surface area contributed by atoms with Gasteiger partial charge in [-0.3, -0.25) is 19.3 Å². The Labute approximate surface area is 175 Å². The Morgan fingerprint density at radius 2 is 1.47 bits per heavy atom. The van der Waals surface area contributed by atoms with Crippen LogP contribution in [0.15, 0.2) is 54.6 Å². The third-order valence-electron chi connectivity index (χ3n) is 4.54. The van der Waals surface area contributed by atoms with E-state index < -0.39 is 41.9 Å². The van der Waals surface area contributed by atoms with E-state index in [1.54, 1.807) is 48.5 Å². The maximum atomic E-state index is 12.9. The second-order valence-electron chi connectivity index (χ2n) is 8.14. The summed E-state index contributed by atoms with van der Waals surface area (Å²) in [6.45, 7) is 4.93. The summed E-state index contributed by atoms with van der Waals surface area (Å²) in [5.74, 6) is -2.37. The van der Waals surface area contributed by atoms with Gasteiger partial charge in [-0.25, -0.2) is 4.79 Å². The lowest BCUT2D eigenvalue weighted by Crippen LogP contribution is -2.48. The van der Waals surface area contributed by atoms with Gasteiger partial charge in [-0.1, -0.05) is 42.5 Å². The van der Waals surface area contributed by atoms with Crippen LogP contribution in [0, 0.1) is 0 Å². The number of amides is 3. The van der Waals surface area contributed by atoms with Crippen LogP contribution in [-0.4, -0.2) is 46.8 Å². The molecule has 1 atom stereocenters. The van der Waals surface area contributed by atoms with Crippen LogP contribution in [0.1, 0.15) is 47.1 Å². The quantitative estimate of drug-likeness (QED) is 0.585. The predicted molar refractivity (Wildman–Crippen MR) is 110 cm³/mol. The lowest BCUT2D eigenvalue weighted by atomic mass is 10.0. The van der Waals surface area contributed by atoms with Crippen LogP contribution in [0.5, 0.6) is 0 Å². The Morgan fingerprint density at radius 3 is 2.00 bits per heavy atom. The molecule has 0 bridgehead atoms. The van der Waals surface area contributed by atoms with Gasteiger partial charge in [0.2, 0.25) is 0 Å². The Balaban J connectivity index is 1.83. The van der Waals surface area contributed by atoms with Gasteiger partial charge in [-0.2, -0.15) is 0 Å².